The highest BCUT2D eigenvalue weighted by Gasteiger charge is 2.25. The number of carbonyl (C=O) groups excluding carboxylic acids is 1. The second-order valence-corrected chi connectivity index (χ2v) is 9.45. The van der Waals surface area contributed by atoms with Crippen LogP contribution in [0, 0.1) is 0 Å². The van der Waals surface area contributed by atoms with Gasteiger partial charge in [-0.05, 0) is 31.5 Å². The van der Waals surface area contributed by atoms with Crippen molar-refractivity contribution in [2.24, 2.45) is 0 Å². The SMILES string of the molecule is CC(=O)N1CCN(c2nc(N(C)Cc3cnc4ccccc4c3)c3cn(C(C)C)c(O)c3n2)CC1. The van der Waals surface area contributed by atoms with Gasteiger partial charge in [0.1, 0.15) is 11.3 Å². The lowest BCUT2D eigenvalue weighted by atomic mass is 10.1. The fourth-order valence-electron chi connectivity index (χ4n) is 4.66. The number of hydrogen-bond acceptors (Lipinski definition) is 7. The second-order valence-electron chi connectivity index (χ2n) is 9.45. The predicted octanol–water partition coefficient (Wildman–Crippen LogP) is 3.57. The quantitative estimate of drug-likeness (QED) is 0.474. The van der Waals surface area contributed by atoms with Gasteiger partial charge in [-0.15, -0.1) is 0 Å². The number of carbonyl (C=O) groups is 1. The average molecular weight is 474 g/mol. The molecule has 0 bridgehead atoms. The molecule has 0 aliphatic carbocycles. The van der Waals surface area contributed by atoms with Crippen LogP contribution in [-0.2, 0) is 11.3 Å². The number of nitrogens with zero attached hydrogens (tertiary/aromatic N) is 7. The van der Waals surface area contributed by atoms with E-state index in [1.807, 2.05) is 61.0 Å². The molecule has 9 nitrogen and oxygen atoms in total. The number of hydrogen-bond donors (Lipinski definition) is 1. The largest absolute Gasteiger partial charge is 0.493 e. The summed E-state index contributed by atoms with van der Waals surface area (Å²) in [4.78, 5) is 32.1. The summed E-state index contributed by atoms with van der Waals surface area (Å²) < 4.78 is 1.83. The van der Waals surface area contributed by atoms with Crippen molar-refractivity contribution >= 4 is 39.5 Å². The van der Waals surface area contributed by atoms with Crippen molar-refractivity contribution in [3.05, 3.63) is 48.3 Å². The summed E-state index contributed by atoms with van der Waals surface area (Å²) in [7, 11) is 2.00. The maximum absolute atomic E-state index is 11.8. The van der Waals surface area contributed by atoms with Gasteiger partial charge in [0.05, 0.1) is 10.9 Å². The number of piperazine rings is 1. The van der Waals surface area contributed by atoms with Crippen LogP contribution in [0.3, 0.4) is 0 Å². The van der Waals surface area contributed by atoms with E-state index in [2.05, 4.69) is 26.9 Å². The van der Waals surface area contributed by atoms with Gasteiger partial charge in [0.25, 0.3) is 0 Å². The van der Waals surface area contributed by atoms with E-state index < -0.39 is 0 Å². The van der Waals surface area contributed by atoms with E-state index in [1.54, 1.807) is 6.92 Å². The van der Waals surface area contributed by atoms with Gasteiger partial charge < -0.3 is 24.4 Å². The molecule has 4 heterocycles. The van der Waals surface area contributed by atoms with Crippen LogP contribution < -0.4 is 9.80 Å². The van der Waals surface area contributed by atoms with E-state index in [9.17, 15) is 9.90 Å². The van der Waals surface area contributed by atoms with Gasteiger partial charge in [-0.2, -0.15) is 4.98 Å². The number of aromatic nitrogens is 4. The minimum Gasteiger partial charge on any atom is -0.493 e. The Kier molecular flexibility index (Phi) is 5.92. The Hall–Kier alpha value is -3.88. The molecule has 4 aromatic rings. The van der Waals surface area contributed by atoms with E-state index >= 15 is 0 Å². The van der Waals surface area contributed by atoms with Gasteiger partial charge >= 0.3 is 0 Å². The topological polar surface area (TPSA) is 90.6 Å². The monoisotopic (exact) mass is 473 g/mol. The summed E-state index contributed by atoms with van der Waals surface area (Å²) >= 11 is 0. The first-order chi connectivity index (χ1) is 16.8. The van der Waals surface area contributed by atoms with E-state index in [0.717, 1.165) is 27.7 Å². The molecule has 35 heavy (non-hydrogen) atoms. The minimum absolute atomic E-state index is 0.0783. The van der Waals surface area contributed by atoms with Gasteiger partial charge in [-0.3, -0.25) is 9.78 Å². The van der Waals surface area contributed by atoms with Gasteiger partial charge in [0.2, 0.25) is 17.7 Å². The molecule has 3 aromatic heterocycles. The summed E-state index contributed by atoms with van der Waals surface area (Å²) in [6, 6.07) is 10.3. The van der Waals surface area contributed by atoms with E-state index in [0.29, 0.717) is 44.2 Å². The van der Waals surface area contributed by atoms with Gasteiger partial charge in [-0.25, -0.2) is 4.98 Å². The van der Waals surface area contributed by atoms with Gasteiger partial charge in [-0.1, -0.05) is 18.2 Å². The Balaban J connectivity index is 1.53. The van der Waals surface area contributed by atoms with E-state index in [-0.39, 0.29) is 17.8 Å². The third-order valence-corrected chi connectivity index (χ3v) is 6.63. The van der Waals surface area contributed by atoms with Crippen molar-refractivity contribution < 1.29 is 9.90 Å². The number of rotatable bonds is 5. The Bertz CT molecular complexity index is 1390. The summed E-state index contributed by atoms with van der Waals surface area (Å²) in [5.74, 6) is 1.54. The van der Waals surface area contributed by atoms with Crippen LogP contribution in [0.2, 0.25) is 0 Å². The second kappa shape index (κ2) is 9.05. The first kappa shape index (κ1) is 22.9. The Labute approximate surface area is 204 Å². The molecule has 0 spiro atoms. The zero-order chi connectivity index (χ0) is 24.7. The first-order valence-corrected chi connectivity index (χ1v) is 12.0. The van der Waals surface area contributed by atoms with Gasteiger partial charge in [0, 0.05) is 70.5 Å². The summed E-state index contributed by atoms with van der Waals surface area (Å²) in [6.07, 6.45) is 3.83. The molecular formula is C26H31N7O2. The lowest BCUT2D eigenvalue weighted by Crippen LogP contribution is -2.48. The number of benzene rings is 1. The van der Waals surface area contributed by atoms with Gasteiger partial charge in [0.15, 0.2) is 0 Å². The molecule has 1 N–H and O–H groups in total. The highest BCUT2D eigenvalue weighted by atomic mass is 16.3. The normalized spacial score (nSPS) is 14.3. The van der Waals surface area contributed by atoms with E-state index in [1.165, 1.54) is 0 Å². The van der Waals surface area contributed by atoms with Crippen molar-refractivity contribution in [1.82, 2.24) is 24.4 Å². The molecule has 0 atom stereocenters. The molecule has 1 aliphatic heterocycles. The number of anilines is 2. The van der Waals surface area contributed by atoms with Crippen LogP contribution in [0.5, 0.6) is 5.88 Å². The van der Waals surface area contributed by atoms with Crippen LogP contribution in [-0.4, -0.2) is 68.7 Å². The minimum atomic E-state index is 0.0783. The molecule has 9 heteroatoms. The number of fused-ring (bicyclic) bond motifs is 2. The lowest BCUT2D eigenvalue weighted by molar-refractivity contribution is -0.129. The third-order valence-electron chi connectivity index (χ3n) is 6.63. The first-order valence-electron chi connectivity index (χ1n) is 12.0. The zero-order valence-electron chi connectivity index (χ0n) is 20.6. The van der Waals surface area contributed by atoms with Crippen molar-refractivity contribution in [1.29, 1.82) is 0 Å². The molecule has 1 amide bonds. The van der Waals surface area contributed by atoms with Crippen molar-refractivity contribution in [2.45, 2.75) is 33.4 Å². The summed E-state index contributed by atoms with van der Waals surface area (Å²) in [6.45, 7) is 8.81. The van der Waals surface area contributed by atoms with Crippen molar-refractivity contribution in [3.63, 3.8) is 0 Å². The van der Waals surface area contributed by atoms with Crippen molar-refractivity contribution in [2.75, 3.05) is 43.0 Å². The smallest absolute Gasteiger partial charge is 0.228 e. The standard InChI is InChI=1S/C26H31N7O2/c1-17(2)33-16-21-23(25(33)35)28-26(32-11-9-31(10-12-32)18(3)34)29-24(21)30(4)15-19-13-20-7-5-6-8-22(20)27-14-19/h5-8,13-14,16-17,35H,9-12,15H2,1-4H3. The molecule has 182 valence electrons. The molecule has 1 saturated heterocycles. The van der Waals surface area contributed by atoms with Crippen LogP contribution in [0.1, 0.15) is 32.4 Å². The van der Waals surface area contributed by atoms with Crippen LogP contribution in [0.4, 0.5) is 11.8 Å². The Morgan fingerprint density at radius 3 is 2.60 bits per heavy atom. The number of pyridine rings is 1. The lowest BCUT2D eigenvalue weighted by Gasteiger charge is -2.34. The highest BCUT2D eigenvalue weighted by Crippen LogP contribution is 2.35. The third kappa shape index (κ3) is 4.34. The van der Waals surface area contributed by atoms with Crippen molar-refractivity contribution in [3.8, 4) is 5.88 Å². The number of amides is 1. The predicted molar refractivity (Wildman–Crippen MR) is 138 cm³/mol. The fourth-order valence-corrected chi connectivity index (χ4v) is 4.66. The Morgan fingerprint density at radius 2 is 1.89 bits per heavy atom. The van der Waals surface area contributed by atoms with Crippen LogP contribution >= 0.6 is 0 Å². The molecular weight excluding hydrogens is 442 g/mol. The Morgan fingerprint density at radius 1 is 1.14 bits per heavy atom. The van der Waals surface area contributed by atoms with Crippen LogP contribution in [0.25, 0.3) is 21.8 Å². The molecule has 1 fully saturated rings. The summed E-state index contributed by atoms with van der Waals surface area (Å²) in [5, 5.41) is 12.9. The number of para-hydroxylation sites is 1. The molecule has 0 unspecified atom stereocenters. The van der Waals surface area contributed by atoms with Crippen LogP contribution in [0.15, 0.2) is 42.7 Å². The molecule has 5 rings (SSSR count). The highest BCUT2D eigenvalue weighted by molar-refractivity contribution is 5.94. The molecule has 0 radical (unpaired) electrons. The number of aromatic hydroxyl groups is 1. The molecule has 0 saturated carbocycles. The fraction of sp³-hybridized carbons (Fsp3) is 0.385. The molecule has 1 aliphatic rings. The average Bonchev–Trinajstić information content (AvgIpc) is 3.20. The summed E-state index contributed by atoms with van der Waals surface area (Å²) in [5.41, 5.74) is 2.58. The maximum Gasteiger partial charge on any atom is 0.228 e. The molecule has 1 aromatic carbocycles. The zero-order valence-corrected chi connectivity index (χ0v) is 20.6. The maximum atomic E-state index is 11.8. The van der Waals surface area contributed by atoms with E-state index in [4.69, 9.17) is 9.97 Å².